The number of hydroxylamine groups is 1. The van der Waals surface area contributed by atoms with Gasteiger partial charge in [-0.25, -0.2) is 5.48 Å². The largest absolute Gasteiger partial charge is 0.677 e. The summed E-state index contributed by atoms with van der Waals surface area (Å²) in [5.74, 6) is -0.162. The molecule has 0 bridgehead atoms. The second-order valence-corrected chi connectivity index (χ2v) is 1.58. The molecule has 0 aromatic heterocycles. The van der Waals surface area contributed by atoms with Crippen LogP contribution >= 0.6 is 0 Å². The first-order valence-corrected chi connectivity index (χ1v) is 2.77. The molecule has 5 heteroatoms. The zero-order chi connectivity index (χ0) is 7.11. The van der Waals surface area contributed by atoms with Crippen LogP contribution in [0.15, 0.2) is 0 Å². The van der Waals surface area contributed by atoms with Crippen molar-refractivity contribution in [1.82, 2.24) is 5.48 Å². The van der Waals surface area contributed by atoms with Crippen LogP contribution in [0.2, 0.25) is 0 Å². The predicted octanol–water partition coefficient (Wildman–Crippen LogP) is 0.494. The standard InChI is InChI=1S/C5H11N2O2.Y/c1-9-7-5(8)3-2-4-6;/h6H,2-4H2,1H3,(H,7,8);/q-1;. The van der Waals surface area contributed by atoms with Crippen molar-refractivity contribution >= 4 is 5.91 Å². The summed E-state index contributed by atoms with van der Waals surface area (Å²) >= 11 is 0. The minimum atomic E-state index is -0.162. The Kier molecular flexibility index (Phi) is 12.4. The van der Waals surface area contributed by atoms with E-state index in [0.29, 0.717) is 12.8 Å². The van der Waals surface area contributed by atoms with Crippen LogP contribution in [0.25, 0.3) is 5.73 Å². The van der Waals surface area contributed by atoms with Crippen molar-refractivity contribution in [3.8, 4) is 0 Å². The Hall–Kier alpha value is 0.494. The van der Waals surface area contributed by atoms with Gasteiger partial charge in [-0.15, -0.1) is 0 Å². The average molecular weight is 220 g/mol. The van der Waals surface area contributed by atoms with Gasteiger partial charge in [0, 0.05) is 39.1 Å². The van der Waals surface area contributed by atoms with Crippen LogP contribution < -0.4 is 5.48 Å². The second-order valence-electron chi connectivity index (χ2n) is 1.58. The molecule has 0 aliphatic rings. The van der Waals surface area contributed by atoms with Crippen molar-refractivity contribution in [3.05, 3.63) is 5.73 Å². The van der Waals surface area contributed by atoms with E-state index < -0.39 is 0 Å². The topological polar surface area (TPSA) is 62.1 Å². The average Bonchev–Trinajstić information content (AvgIpc) is 1.85. The van der Waals surface area contributed by atoms with Crippen molar-refractivity contribution in [1.29, 1.82) is 0 Å². The minimum Gasteiger partial charge on any atom is -0.677 e. The Balaban J connectivity index is 0. The summed E-state index contributed by atoms with van der Waals surface area (Å²) in [6.45, 7) is 0.289. The summed E-state index contributed by atoms with van der Waals surface area (Å²) < 4.78 is 0. The first-order valence-electron chi connectivity index (χ1n) is 2.77. The molecule has 0 aromatic carbocycles. The van der Waals surface area contributed by atoms with Gasteiger partial charge in [0.1, 0.15) is 0 Å². The van der Waals surface area contributed by atoms with E-state index in [2.05, 4.69) is 10.3 Å². The molecule has 0 rings (SSSR count). The van der Waals surface area contributed by atoms with Crippen molar-refractivity contribution in [2.45, 2.75) is 12.8 Å². The van der Waals surface area contributed by atoms with Gasteiger partial charge in [-0.2, -0.15) is 6.54 Å². The van der Waals surface area contributed by atoms with Crippen LogP contribution in [-0.4, -0.2) is 19.6 Å². The summed E-state index contributed by atoms with van der Waals surface area (Å²) in [6.07, 6.45) is 0.965. The molecule has 4 nitrogen and oxygen atoms in total. The van der Waals surface area contributed by atoms with Crippen LogP contribution in [0.5, 0.6) is 0 Å². The Labute approximate surface area is 85.7 Å². The van der Waals surface area contributed by atoms with Gasteiger partial charge in [0.05, 0.1) is 7.11 Å². The van der Waals surface area contributed by atoms with E-state index in [0.717, 1.165) is 0 Å². The molecule has 0 heterocycles. The first-order chi connectivity index (χ1) is 4.31. The van der Waals surface area contributed by atoms with E-state index in [1.807, 2.05) is 0 Å². The minimum absolute atomic E-state index is 0. The van der Waals surface area contributed by atoms with Gasteiger partial charge in [0.15, 0.2) is 0 Å². The molecule has 2 N–H and O–H groups in total. The molecular weight excluding hydrogens is 209 g/mol. The van der Waals surface area contributed by atoms with Gasteiger partial charge in [0.25, 0.3) is 0 Å². The number of nitrogens with one attached hydrogen (secondary N) is 2. The van der Waals surface area contributed by atoms with Gasteiger partial charge < -0.3 is 5.73 Å². The molecule has 0 spiro atoms. The number of hydrogen-bond donors (Lipinski definition) is 1. The zero-order valence-electron chi connectivity index (χ0n) is 6.02. The van der Waals surface area contributed by atoms with Crippen LogP contribution in [0.4, 0.5) is 0 Å². The molecule has 0 aromatic rings. The summed E-state index contributed by atoms with van der Waals surface area (Å²) in [4.78, 5) is 14.8. The molecule has 57 valence electrons. The monoisotopic (exact) mass is 220 g/mol. The normalized spacial score (nSPS) is 8.20. The Morgan fingerprint density at radius 1 is 1.70 bits per heavy atom. The molecule has 0 unspecified atom stereocenters. The molecule has 0 fully saturated rings. The van der Waals surface area contributed by atoms with E-state index in [9.17, 15) is 4.79 Å². The third-order valence-electron chi connectivity index (χ3n) is 0.797. The van der Waals surface area contributed by atoms with Crippen molar-refractivity contribution < 1.29 is 42.3 Å². The molecule has 1 amide bonds. The number of amides is 1. The summed E-state index contributed by atoms with van der Waals surface area (Å²) in [6, 6.07) is 0. The van der Waals surface area contributed by atoms with Gasteiger partial charge in [-0.3, -0.25) is 9.63 Å². The third-order valence-corrected chi connectivity index (χ3v) is 0.797. The number of carbonyl (C=O) groups excluding carboxylic acids is 1. The van der Waals surface area contributed by atoms with E-state index in [4.69, 9.17) is 5.73 Å². The van der Waals surface area contributed by atoms with Crippen molar-refractivity contribution in [2.24, 2.45) is 0 Å². The van der Waals surface area contributed by atoms with Crippen molar-refractivity contribution in [2.75, 3.05) is 13.7 Å². The van der Waals surface area contributed by atoms with Crippen molar-refractivity contribution in [3.63, 3.8) is 0 Å². The van der Waals surface area contributed by atoms with E-state index in [1.165, 1.54) is 7.11 Å². The number of carbonyl (C=O) groups is 1. The van der Waals surface area contributed by atoms with E-state index >= 15 is 0 Å². The van der Waals surface area contributed by atoms with Crippen LogP contribution in [0.1, 0.15) is 12.8 Å². The smallest absolute Gasteiger partial charge is 0.243 e. The van der Waals surface area contributed by atoms with Gasteiger partial charge in [-0.05, 0) is 0 Å². The maximum atomic E-state index is 10.5. The van der Waals surface area contributed by atoms with Crippen LogP contribution in [0.3, 0.4) is 0 Å². The molecule has 0 atom stereocenters. The Bertz CT molecular complexity index is 89.7. The molecular formula is C5H11N2O2Y-. The maximum Gasteiger partial charge on any atom is 0.243 e. The third kappa shape index (κ3) is 8.49. The quantitative estimate of drug-likeness (QED) is 0.701. The number of rotatable bonds is 4. The predicted molar refractivity (Wildman–Crippen MR) is 33.6 cm³/mol. The van der Waals surface area contributed by atoms with Gasteiger partial charge >= 0.3 is 0 Å². The van der Waals surface area contributed by atoms with E-state index in [-0.39, 0.29) is 45.2 Å². The molecule has 0 saturated heterocycles. The zero-order valence-corrected chi connectivity index (χ0v) is 8.85. The summed E-state index contributed by atoms with van der Waals surface area (Å²) in [5.41, 5.74) is 8.87. The summed E-state index contributed by atoms with van der Waals surface area (Å²) in [5, 5.41) is 0. The second kappa shape index (κ2) is 9.49. The molecule has 0 aliphatic heterocycles. The first kappa shape index (κ1) is 13.1. The SMILES string of the molecule is CONC(=O)CCC[NH-].[Y]. The molecule has 10 heavy (non-hydrogen) atoms. The summed E-state index contributed by atoms with van der Waals surface area (Å²) in [7, 11) is 1.39. The fourth-order valence-corrected chi connectivity index (χ4v) is 0.414. The number of hydrogen-bond acceptors (Lipinski definition) is 2. The maximum absolute atomic E-state index is 10.5. The Morgan fingerprint density at radius 3 is 2.70 bits per heavy atom. The fraction of sp³-hybridized carbons (Fsp3) is 0.800. The van der Waals surface area contributed by atoms with Crippen LogP contribution in [0, 0.1) is 0 Å². The van der Waals surface area contributed by atoms with Gasteiger partial charge in [-0.1, -0.05) is 6.42 Å². The Morgan fingerprint density at radius 2 is 2.30 bits per heavy atom. The molecule has 1 radical (unpaired) electrons. The van der Waals surface area contributed by atoms with Gasteiger partial charge in [0.2, 0.25) is 5.91 Å². The molecule has 0 aliphatic carbocycles. The van der Waals surface area contributed by atoms with E-state index in [1.54, 1.807) is 0 Å². The fourth-order valence-electron chi connectivity index (χ4n) is 0.414. The molecule has 0 saturated carbocycles. The van der Waals surface area contributed by atoms with Crippen LogP contribution in [-0.2, 0) is 42.3 Å².